The second-order valence-electron chi connectivity index (χ2n) is 6.60. The number of thioether (sulfide) groups is 1. The minimum absolute atomic E-state index is 0.0248. The zero-order chi connectivity index (χ0) is 20.0. The smallest absolute Gasteiger partial charge is 0.406 e. The molecule has 0 aromatic heterocycles. The lowest BCUT2D eigenvalue weighted by Gasteiger charge is -2.24. The molecule has 2 fully saturated rings. The Bertz CT molecular complexity index is 867. The maximum absolute atomic E-state index is 12.3. The summed E-state index contributed by atoms with van der Waals surface area (Å²) in [5.41, 5.74) is 0.455. The van der Waals surface area contributed by atoms with Crippen molar-refractivity contribution in [1.29, 1.82) is 0 Å². The van der Waals surface area contributed by atoms with Crippen LogP contribution in [0.4, 0.5) is 18.9 Å². The van der Waals surface area contributed by atoms with Crippen molar-refractivity contribution in [3.05, 3.63) is 24.3 Å². The van der Waals surface area contributed by atoms with Crippen molar-refractivity contribution >= 4 is 38.4 Å². The van der Waals surface area contributed by atoms with E-state index in [0.717, 1.165) is 12.1 Å². The number of rotatable bonds is 3. The summed E-state index contributed by atoms with van der Waals surface area (Å²) >= 11 is 1.21. The van der Waals surface area contributed by atoms with Crippen molar-refractivity contribution in [2.75, 3.05) is 16.4 Å². The number of hydrogen-bond donors (Lipinski definition) is 0. The van der Waals surface area contributed by atoms with Gasteiger partial charge in [-0.2, -0.15) is 4.99 Å². The van der Waals surface area contributed by atoms with Crippen molar-refractivity contribution in [1.82, 2.24) is 0 Å². The van der Waals surface area contributed by atoms with E-state index in [2.05, 4.69) is 9.73 Å². The standard InChI is InChI=1S/C16H17F3N2O4S2/c1-9(2)14(22)20-15-21(12-7-27(23,24)8-13(12)26-15)10-3-5-11(6-4-10)25-16(17,18)19/h3-6,9,12-13H,7-8H2,1-2H3/t12-,13-/m1/s1. The van der Waals surface area contributed by atoms with Gasteiger partial charge in [0, 0.05) is 16.9 Å². The summed E-state index contributed by atoms with van der Waals surface area (Å²) < 4.78 is 64.8. The molecule has 2 saturated heterocycles. The molecule has 6 nitrogen and oxygen atoms in total. The summed E-state index contributed by atoms with van der Waals surface area (Å²) in [6, 6.07) is 4.65. The average Bonchev–Trinajstić information content (AvgIpc) is 2.97. The normalized spacial score (nSPS) is 25.9. The van der Waals surface area contributed by atoms with E-state index in [1.807, 2.05) is 0 Å². The molecule has 148 valence electrons. The molecule has 0 radical (unpaired) electrons. The van der Waals surface area contributed by atoms with E-state index < -0.39 is 22.2 Å². The first kappa shape index (κ1) is 20.0. The number of fused-ring (bicyclic) bond motifs is 1. The first-order chi connectivity index (χ1) is 12.5. The number of amidine groups is 1. The molecule has 1 amide bonds. The fraction of sp³-hybridized carbons (Fsp3) is 0.500. The number of carbonyl (C=O) groups is 1. The summed E-state index contributed by atoms with van der Waals surface area (Å²) in [7, 11) is -3.22. The number of carbonyl (C=O) groups excluding carboxylic acids is 1. The van der Waals surface area contributed by atoms with E-state index in [4.69, 9.17) is 0 Å². The Labute approximate surface area is 158 Å². The lowest BCUT2D eigenvalue weighted by Crippen LogP contribution is -2.37. The highest BCUT2D eigenvalue weighted by Gasteiger charge is 2.49. The number of hydrogen-bond acceptors (Lipinski definition) is 5. The highest BCUT2D eigenvalue weighted by Crippen LogP contribution is 2.41. The number of amides is 1. The summed E-state index contributed by atoms with van der Waals surface area (Å²) in [6.45, 7) is 3.40. The molecule has 3 rings (SSSR count). The molecular formula is C16H17F3N2O4S2. The Morgan fingerprint density at radius 2 is 1.89 bits per heavy atom. The van der Waals surface area contributed by atoms with Gasteiger partial charge in [0.05, 0.1) is 17.5 Å². The lowest BCUT2D eigenvalue weighted by molar-refractivity contribution is -0.274. The molecule has 0 saturated carbocycles. The Hall–Kier alpha value is -1.75. The van der Waals surface area contributed by atoms with Crippen LogP contribution in [0.1, 0.15) is 13.8 Å². The van der Waals surface area contributed by atoms with Crippen LogP contribution in [-0.2, 0) is 14.6 Å². The molecule has 2 heterocycles. The third kappa shape index (κ3) is 4.57. The molecule has 1 aromatic carbocycles. The first-order valence-electron chi connectivity index (χ1n) is 8.10. The van der Waals surface area contributed by atoms with Crippen LogP contribution in [0.15, 0.2) is 29.3 Å². The van der Waals surface area contributed by atoms with Crippen LogP contribution in [0.25, 0.3) is 0 Å². The quantitative estimate of drug-likeness (QED) is 0.746. The van der Waals surface area contributed by atoms with Gasteiger partial charge in [0.15, 0.2) is 15.0 Å². The number of alkyl halides is 3. The second-order valence-corrected chi connectivity index (χ2v) is 9.96. The van der Waals surface area contributed by atoms with E-state index in [-0.39, 0.29) is 34.3 Å². The minimum atomic E-state index is -4.80. The van der Waals surface area contributed by atoms with E-state index in [0.29, 0.717) is 10.9 Å². The van der Waals surface area contributed by atoms with Gasteiger partial charge in [-0.1, -0.05) is 25.6 Å². The molecule has 1 aromatic rings. The minimum Gasteiger partial charge on any atom is -0.406 e. The largest absolute Gasteiger partial charge is 0.573 e. The monoisotopic (exact) mass is 422 g/mol. The fourth-order valence-corrected chi connectivity index (χ4v) is 6.82. The van der Waals surface area contributed by atoms with Crippen LogP contribution in [0, 0.1) is 5.92 Å². The maximum Gasteiger partial charge on any atom is 0.573 e. The number of sulfone groups is 1. The summed E-state index contributed by atoms with van der Waals surface area (Å²) in [5, 5.41) is 0.0860. The van der Waals surface area contributed by atoms with Crippen molar-refractivity contribution < 1.29 is 31.1 Å². The van der Waals surface area contributed by atoms with Crippen LogP contribution in [0.5, 0.6) is 5.75 Å². The molecule has 0 aliphatic carbocycles. The van der Waals surface area contributed by atoms with Crippen molar-refractivity contribution in [3.63, 3.8) is 0 Å². The molecule has 27 heavy (non-hydrogen) atoms. The zero-order valence-electron chi connectivity index (χ0n) is 14.4. The summed E-state index contributed by atoms with van der Waals surface area (Å²) in [6.07, 6.45) is -4.80. The van der Waals surface area contributed by atoms with Crippen LogP contribution in [-0.4, -0.2) is 48.7 Å². The Morgan fingerprint density at radius 1 is 1.26 bits per heavy atom. The van der Waals surface area contributed by atoms with Gasteiger partial charge in [-0.3, -0.25) is 4.79 Å². The Balaban J connectivity index is 1.93. The van der Waals surface area contributed by atoms with Crippen LogP contribution < -0.4 is 9.64 Å². The predicted molar refractivity (Wildman–Crippen MR) is 96.7 cm³/mol. The third-order valence-corrected chi connectivity index (χ3v) is 7.32. The molecule has 0 N–H and O–H groups in total. The predicted octanol–water partition coefficient (Wildman–Crippen LogP) is 2.84. The molecule has 0 spiro atoms. The number of ether oxygens (including phenoxy) is 1. The molecule has 2 aliphatic heterocycles. The maximum atomic E-state index is 12.3. The summed E-state index contributed by atoms with van der Waals surface area (Å²) in [5.74, 6) is -1.18. The molecule has 11 heteroatoms. The van der Waals surface area contributed by atoms with Gasteiger partial charge in [-0.25, -0.2) is 8.42 Å². The average molecular weight is 422 g/mol. The van der Waals surface area contributed by atoms with Gasteiger partial charge in [-0.05, 0) is 24.3 Å². The number of aliphatic imine (C=N–C) groups is 1. The van der Waals surface area contributed by atoms with Gasteiger partial charge in [0.2, 0.25) is 0 Å². The van der Waals surface area contributed by atoms with Crippen molar-refractivity contribution in [3.8, 4) is 5.75 Å². The number of halogens is 3. The SMILES string of the molecule is CC(C)C(=O)N=C1S[C@@H]2CS(=O)(=O)C[C@H]2N1c1ccc(OC(F)(F)F)cc1. The molecule has 0 unspecified atom stereocenters. The van der Waals surface area contributed by atoms with E-state index in [1.165, 1.54) is 23.9 Å². The van der Waals surface area contributed by atoms with Gasteiger partial charge in [0.1, 0.15) is 5.75 Å². The van der Waals surface area contributed by atoms with Gasteiger partial charge >= 0.3 is 6.36 Å². The van der Waals surface area contributed by atoms with E-state index in [9.17, 15) is 26.4 Å². The van der Waals surface area contributed by atoms with Crippen LogP contribution in [0.3, 0.4) is 0 Å². The highest BCUT2D eigenvalue weighted by atomic mass is 32.2. The molecule has 2 atom stereocenters. The van der Waals surface area contributed by atoms with Gasteiger partial charge < -0.3 is 9.64 Å². The van der Waals surface area contributed by atoms with Crippen molar-refractivity contribution in [2.24, 2.45) is 10.9 Å². The topological polar surface area (TPSA) is 76.0 Å². The van der Waals surface area contributed by atoms with Gasteiger partial charge in [0.25, 0.3) is 5.91 Å². The first-order valence-corrected chi connectivity index (χ1v) is 10.8. The second kappa shape index (κ2) is 7.01. The molecule has 0 bridgehead atoms. The van der Waals surface area contributed by atoms with Gasteiger partial charge in [-0.15, -0.1) is 13.2 Å². The van der Waals surface area contributed by atoms with Crippen LogP contribution in [0.2, 0.25) is 0 Å². The lowest BCUT2D eigenvalue weighted by atomic mass is 10.2. The van der Waals surface area contributed by atoms with E-state index >= 15 is 0 Å². The number of anilines is 1. The van der Waals surface area contributed by atoms with Crippen molar-refractivity contribution in [2.45, 2.75) is 31.5 Å². The Kier molecular flexibility index (Phi) is 5.19. The van der Waals surface area contributed by atoms with Crippen LogP contribution >= 0.6 is 11.8 Å². The zero-order valence-corrected chi connectivity index (χ0v) is 16.1. The Morgan fingerprint density at radius 3 is 2.44 bits per heavy atom. The molecular weight excluding hydrogens is 405 g/mol. The number of benzene rings is 1. The highest BCUT2D eigenvalue weighted by molar-refractivity contribution is 8.16. The summed E-state index contributed by atoms with van der Waals surface area (Å²) in [4.78, 5) is 17.8. The van der Waals surface area contributed by atoms with E-state index in [1.54, 1.807) is 18.7 Å². The fourth-order valence-electron chi connectivity index (χ4n) is 2.90. The third-order valence-electron chi connectivity index (χ3n) is 4.11. The number of nitrogens with zero attached hydrogens (tertiary/aromatic N) is 2. The molecule has 2 aliphatic rings.